The molecule has 0 aromatic heterocycles. The van der Waals surface area contributed by atoms with E-state index in [4.69, 9.17) is 0 Å². The molecule has 0 nitrogen and oxygen atoms in total. The summed E-state index contributed by atoms with van der Waals surface area (Å²) in [4.78, 5) is 0. The zero-order valence-electron chi connectivity index (χ0n) is 26.5. The van der Waals surface area contributed by atoms with E-state index in [1.165, 1.54) is 70.6 Å². The van der Waals surface area contributed by atoms with Crippen LogP contribution in [0.15, 0.2) is 72.3 Å². The van der Waals surface area contributed by atoms with Gasteiger partial charge in [0, 0.05) is 0 Å². The van der Waals surface area contributed by atoms with Gasteiger partial charge < -0.3 is 0 Å². The molecule has 6 rings (SSSR count). The molecule has 3 fully saturated rings. The first-order valence-corrected chi connectivity index (χ1v) is 30.0. The Hall–Kier alpha value is -0.291. The van der Waals surface area contributed by atoms with Crippen molar-refractivity contribution in [2.75, 3.05) is 0 Å². The summed E-state index contributed by atoms with van der Waals surface area (Å²) in [6, 6.07) is 23.4. The maximum atomic E-state index is 3.06. The fourth-order valence-corrected chi connectivity index (χ4v) is 29.9. The van der Waals surface area contributed by atoms with Gasteiger partial charge in [-0.15, -0.1) is 0 Å². The van der Waals surface area contributed by atoms with Crippen molar-refractivity contribution in [2.45, 2.75) is 109 Å². The van der Waals surface area contributed by atoms with Crippen LogP contribution < -0.4 is 7.16 Å². The molecule has 0 heterocycles. The molecular weight excluding hydrogens is 714 g/mol. The molecule has 2 heteroatoms. The molecule has 222 valence electrons. The number of hydrogen-bond donors (Lipinski definition) is 0. The summed E-state index contributed by atoms with van der Waals surface area (Å²) in [6.07, 6.45) is 18.7. The van der Waals surface area contributed by atoms with Crippen molar-refractivity contribution < 1.29 is 0 Å². The molecule has 0 spiro atoms. The summed E-state index contributed by atoms with van der Waals surface area (Å²) >= 11 is 0.176. The number of hydrogen-bond acceptors (Lipinski definition) is 0. The van der Waals surface area contributed by atoms with Crippen molar-refractivity contribution in [3.8, 4) is 0 Å². The molecule has 0 radical (unpaired) electrons. The summed E-state index contributed by atoms with van der Waals surface area (Å²) in [5.74, 6) is 5.53. The molecule has 4 aliphatic carbocycles. The van der Waals surface area contributed by atoms with Crippen molar-refractivity contribution in [2.24, 2.45) is 46.3 Å². The third-order valence-corrected chi connectivity index (χ3v) is 38.8. The molecule has 4 aliphatic rings. The van der Waals surface area contributed by atoms with E-state index in [1.54, 1.807) is 7.16 Å². The van der Waals surface area contributed by atoms with E-state index in [1.807, 2.05) is 5.57 Å². The minimum atomic E-state index is -2.88. The second-order valence-electron chi connectivity index (χ2n) is 15.7. The van der Waals surface area contributed by atoms with Gasteiger partial charge in [0.05, 0.1) is 0 Å². The standard InChI is InChI=1S/C27H45.2C6H5.HI.Sn/c1-19(2)9-8-10-20(3)23-14-15-24-22-13-12-21-11-6-7-17-26(21,4)25(22)16-18-27(23,24)5;2*1-2-4-6-5-3-1;;/h6,12,19-20,22-25H,7-11,13-18H2,1-5H3;2*1-5H;1H;/q;;;;+1/p-1/t20-,22+,23-,24+,25+,26+,27-;;;;/m1..../s1. The first-order chi connectivity index (χ1) is 19.7. The van der Waals surface area contributed by atoms with Gasteiger partial charge in [-0.3, -0.25) is 0 Å². The normalized spacial score (nSPS) is 35.8. The third-order valence-electron chi connectivity index (χ3n) is 13.3. The second-order valence-corrected chi connectivity index (χ2v) is 36.8. The number of rotatable bonds is 8. The molecule has 2 aromatic rings. The van der Waals surface area contributed by atoms with Crippen LogP contribution >= 0.6 is 18.6 Å². The number of benzene rings is 2. The van der Waals surface area contributed by atoms with Gasteiger partial charge in [-0.2, -0.15) is 0 Å². The second kappa shape index (κ2) is 12.2. The molecule has 3 saturated carbocycles. The van der Waals surface area contributed by atoms with Crippen LogP contribution in [0.1, 0.15) is 105 Å². The molecule has 0 unspecified atom stereocenters. The van der Waals surface area contributed by atoms with E-state index in [9.17, 15) is 0 Å². The topological polar surface area (TPSA) is 0 Å². The Balaban J connectivity index is 1.23. The summed E-state index contributed by atoms with van der Waals surface area (Å²) in [6.45, 7) is 12.9. The van der Waals surface area contributed by atoms with Gasteiger partial charge in [0.2, 0.25) is 0 Å². The van der Waals surface area contributed by atoms with E-state index >= 15 is 0 Å². The number of halogens is 1. The zero-order chi connectivity index (χ0) is 28.8. The van der Waals surface area contributed by atoms with Crippen LogP contribution in [-0.2, 0) is 0 Å². The quantitative estimate of drug-likeness (QED) is 0.143. The van der Waals surface area contributed by atoms with Crippen molar-refractivity contribution in [3.05, 3.63) is 72.3 Å². The first kappa shape index (κ1) is 30.7. The fourth-order valence-electron chi connectivity index (χ4n) is 11.0. The molecular formula is C39H55ISn. The van der Waals surface area contributed by atoms with Crippen LogP contribution in [0.4, 0.5) is 0 Å². The van der Waals surface area contributed by atoms with Crippen molar-refractivity contribution in [1.29, 1.82) is 0 Å². The molecule has 0 bridgehead atoms. The Labute approximate surface area is 266 Å². The molecule has 0 saturated heterocycles. The summed E-state index contributed by atoms with van der Waals surface area (Å²) in [7, 11) is 0. The van der Waals surface area contributed by atoms with Crippen LogP contribution in [0, 0.1) is 46.3 Å². The van der Waals surface area contributed by atoms with Crippen LogP contribution in [0.3, 0.4) is 0 Å². The van der Waals surface area contributed by atoms with Gasteiger partial charge in [0.1, 0.15) is 0 Å². The van der Waals surface area contributed by atoms with Gasteiger partial charge in [-0.05, 0) is 5.92 Å². The third kappa shape index (κ3) is 5.46. The summed E-state index contributed by atoms with van der Waals surface area (Å²) < 4.78 is 4.22. The maximum absolute atomic E-state index is 3.06. The van der Waals surface area contributed by atoms with Crippen LogP contribution in [-0.4, -0.2) is 14.4 Å². The zero-order valence-corrected chi connectivity index (χ0v) is 31.6. The fraction of sp³-hybridized carbons (Fsp3) is 0.641. The Morgan fingerprint density at radius 1 is 0.805 bits per heavy atom. The first-order valence-electron chi connectivity index (χ1n) is 17.2. The predicted octanol–water partition coefficient (Wildman–Crippen LogP) is 10.6. The number of fused-ring (bicyclic) bond motifs is 5. The van der Waals surface area contributed by atoms with Crippen LogP contribution in [0.2, 0.25) is 3.93 Å². The van der Waals surface area contributed by atoms with Gasteiger partial charge in [0.15, 0.2) is 0 Å². The molecule has 0 amide bonds. The average Bonchev–Trinajstić information content (AvgIpc) is 3.34. The molecule has 0 aliphatic heterocycles. The van der Waals surface area contributed by atoms with Crippen molar-refractivity contribution in [3.63, 3.8) is 0 Å². The SMILES string of the molecule is CC(C)CCC[C@@H](C)[C@H]1CC[C@H]2[C@@H]3CC=C4C[C@H]([Sn]([I])([c]5ccccc5)[c]5ccccc5)CC[C@]4(C)[C@H]3CC[C@]12C. The van der Waals surface area contributed by atoms with E-state index < -0.39 is 14.4 Å². The molecule has 2 aromatic carbocycles. The average molecular weight is 769 g/mol. The summed E-state index contributed by atoms with van der Waals surface area (Å²) in [5.41, 5.74) is 2.91. The van der Waals surface area contributed by atoms with E-state index in [-0.39, 0.29) is 0 Å². The Morgan fingerprint density at radius 3 is 2.10 bits per heavy atom. The van der Waals surface area contributed by atoms with Crippen LogP contribution in [0.25, 0.3) is 0 Å². The summed E-state index contributed by atoms with van der Waals surface area (Å²) in [5, 5.41) is 0. The van der Waals surface area contributed by atoms with Crippen LogP contribution in [0.5, 0.6) is 0 Å². The minimum absolute atomic E-state index is 0.443. The predicted molar refractivity (Wildman–Crippen MR) is 189 cm³/mol. The van der Waals surface area contributed by atoms with Crippen molar-refractivity contribution in [1.82, 2.24) is 0 Å². The monoisotopic (exact) mass is 770 g/mol. The van der Waals surface area contributed by atoms with E-state index in [2.05, 4.69) is 120 Å². The molecule has 8 atom stereocenters. The van der Waals surface area contributed by atoms with Gasteiger partial charge in [0.25, 0.3) is 0 Å². The van der Waals surface area contributed by atoms with Gasteiger partial charge >= 0.3 is 242 Å². The Morgan fingerprint density at radius 2 is 1.46 bits per heavy atom. The van der Waals surface area contributed by atoms with Gasteiger partial charge in [-0.1, -0.05) is 20.3 Å². The Kier molecular flexibility index (Phi) is 9.17. The van der Waals surface area contributed by atoms with E-state index in [0.717, 1.165) is 39.4 Å². The Bertz CT molecular complexity index is 1160. The van der Waals surface area contributed by atoms with Gasteiger partial charge in [-0.25, -0.2) is 0 Å². The van der Waals surface area contributed by atoms with Crippen molar-refractivity contribution >= 4 is 40.2 Å². The molecule has 0 N–H and O–H groups in total. The van der Waals surface area contributed by atoms with E-state index in [0.29, 0.717) is 10.8 Å². The molecule has 41 heavy (non-hydrogen) atoms. The number of allylic oxidation sites excluding steroid dienone is 2.